The first-order chi connectivity index (χ1) is 10.7. The fourth-order valence-corrected chi connectivity index (χ4v) is 2.55. The van der Waals surface area contributed by atoms with Gasteiger partial charge < -0.3 is 15.0 Å². The number of morpholine rings is 1. The van der Waals surface area contributed by atoms with Crippen molar-refractivity contribution in [1.82, 2.24) is 4.98 Å². The summed E-state index contributed by atoms with van der Waals surface area (Å²) in [6.45, 7) is 3.05. The molecule has 0 bridgehead atoms. The van der Waals surface area contributed by atoms with Gasteiger partial charge in [0.05, 0.1) is 30.7 Å². The number of pyridine rings is 1. The first kappa shape index (κ1) is 15.0. The molecule has 1 aromatic heterocycles. The molecule has 1 aliphatic rings. The molecule has 2 heterocycles. The van der Waals surface area contributed by atoms with Crippen LogP contribution in [-0.4, -0.2) is 37.2 Å². The molecule has 6 heteroatoms. The number of rotatable bonds is 3. The topological polar surface area (TPSA) is 54.5 Å². The Balaban J connectivity index is 1.73. The molecule has 0 unspecified atom stereocenters. The second-order valence-electron chi connectivity index (χ2n) is 4.99. The van der Waals surface area contributed by atoms with E-state index in [-0.39, 0.29) is 5.91 Å². The Labute approximate surface area is 137 Å². The van der Waals surface area contributed by atoms with Crippen molar-refractivity contribution in [2.75, 3.05) is 36.5 Å². The zero-order valence-corrected chi connectivity index (χ0v) is 13.5. The van der Waals surface area contributed by atoms with E-state index >= 15 is 0 Å². The third-order valence-corrected chi connectivity index (χ3v) is 3.99. The molecule has 1 aliphatic heterocycles. The van der Waals surface area contributed by atoms with E-state index in [1.165, 1.54) is 0 Å². The number of nitrogens with one attached hydrogen (secondary N) is 1. The highest BCUT2D eigenvalue weighted by atomic mass is 79.9. The van der Waals surface area contributed by atoms with Crippen LogP contribution in [0, 0.1) is 0 Å². The fraction of sp³-hybridized carbons (Fsp3) is 0.250. The minimum atomic E-state index is -0.162. The van der Waals surface area contributed by atoms with Crippen LogP contribution in [0.2, 0.25) is 0 Å². The summed E-state index contributed by atoms with van der Waals surface area (Å²) in [7, 11) is 0. The van der Waals surface area contributed by atoms with E-state index in [4.69, 9.17) is 4.74 Å². The maximum Gasteiger partial charge on any atom is 0.257 e. The number of ether oxygens (including phenoxy) is 1. The van der Waals surface area contributed by atoms with Crippen LogP contribution in [0.4, 0.5) is 11.4 Å². The lowest BCUT2D eigenvalue weighted by atomic mass is 10.2. The van der Waals surface area contributed by atoms with Gasteiger partial charge in [0, 0.05) is 29.4 Å². The zero-order valence-electron chi connectivity index (χ0n) is 12.0. The van der Waals surface area contributed by atoms with Crippen LogP contribution in [0.15, 0.2) is 47.2 Å². The fourth-order valence-electron chi connectivity index (χ4n) is 2.28. The Morgan fingerprint density at radius 2 is 1.91 bits per heavy atom. The molecule has 1 amide bonds. The van der Waals surface area contributed by atoms with Crippen molar-refractivity contribution in [1.29, 1.82) is 0 Å². The summed E-state index contributed by atoms with van der Waals surface area (Å²) in [5, 5.41) is 2.87. The van der Waals surface area contributed by atoms with E-state index in [9.17, 15) is 4.79 Å². The summed E-state index contributed by atoms with van der Waals surface area (Å²) in [5.74, 6) is -0.162. The molecule has 0 aliphatic carbocycles. The van der Waals surface area contributed by atoms with Gasteiger partial charge in [-0.15, -0.1) is 0 Å². The minimum Gasteiger partial charge on any atom is -0.378 e. The predicted molar refractivity (Wildman–Crippen MR) is 89.4 cm³/mol. The number of carbonyl (C=O) groups excluding carboxylic acids is 1. The lowest BCUT2D eigenvalue weighted by Gasteiger charge is -2.28. The molecular weight excluding hydrogens is 346 g/mol. The molecule has 1 fully saturated rings. The molecule has 1 saturated heterocycles. The number of carbonyl (C=O) groups is 1. The van der Waals surface area contributed by atoms with Crippen LogP contribution in [0.1, 0.15) is 10.4 Å². The van der Waals surface area contributed by atoms with Crippen molar-refractivity contribution in [2.24, 2.45) is 0 Å². The van der Waals surface area contributed by atoms with Crippen LogP contribution >= 0.6 is 15.9 Å². The molecule has 0 atom stereocenters. The standard InChI is InChI=1S/C16H16BrN3O2/c17-13-1-3-14(4-2-13)19-16(21)12-9-15(11-18-10-12)20-5-7-22-8-6-20/h1-4,9-11H,5-8H2,(H,19,21). The van der Waals surface area contributed by atoms with E-state index in [0.717, 1.165) is 28.9 Å². The van der Waals surface area contributed by atoms with E-state index in [1.54, 1.807) is 12.4 Å². The molecule has 0 spiro atoms. The van der Waals surface area contributed by atoms with E-state index in [2.05, 4.69) is 31.1 Å². The number of aromatic nitrogens is 1. The zero-order chi connectivity index (χ0) is 15.4. The maximum absolute atomic E-state index is 12.3. The lowest BCUT2D eigenvalue weighted by molar-refractivity contribution is 0.102. The average Bonchev–Trinajstić information content (AvgIpc) is 2.58. The first-order valence-electron chi connectivity index (χ1n) is 7.07. The third-order valence-electron chi connectivity index (χ3n) is 3.46. The van der Waals surface area contributed by atoms with Gasteiger partial charge >= 0.3 is 0 Å². The van der Waals surface area contributed by atoms with Gasteiger partial charge in [0.25, 0.3) is 5.91 Å². The Morgan fingerprint density at radius 1 is 1.18 bits per heavy atom. The number of nitrogens with zero attached hydrogens (tertiary/aromatic N) is 2. The minimum absolute atomic E-state index is 0.162. The van der Waals surface area contributed by atoms with Gasteiger partial charge in [0.2, 0.25) is 0 Å². The van der Waals surface area contributed by atoms with Gasteiger partial charge in [-0.2, -0.15) is 0 Å². The predicted octanol–water partition coefficient (Wildman–Crippen LogP) is 2.93. The Hall–Kier alpha value is -1.92. The van der Waals surface area contributed by atoms with Gasteiger partial charge in [-0.3, -0.25) is 9.78 Å². The number of amides is 1. The number of benzene rings is 1. The monoisotopic (exact) mass is 361 g/mol. The van der Waals surface area contributed by atoms with Crippen LogP contribution in [0.25, 0.3) is 0 Å². The Bertz CT molecular complexity index is 655. The maximum atomic E-state index is 12.3. The highest BCUT2D eigenvalue weighted by Crippen LogP contribution is 2.18. The SMILES string of the molecule is O=C(Nc1ccc(Br)cc1)c1cncc(N2CCOCC2)c1. The van der Waals surface area contributed by atoms with Crippen molar-refractivity contribution in [3.8, 4) is 0 Å². The molecule has 1 aromatic carbocycles. The molecule has 0 radical (unpaired) electrons. The van der Waals surface area contributed by atoms with Crippen LogP contribution in [-0.2, 0) is 4.74 Å². The summed E-state index contributed by atoms with van der Waals surface area (Å²) in [4.78, 5) is 18.7. The molecular formula is C16H16BrN3O2. The number of hydrogen-bond donors (Lipinski definition) is 1. The number of halogens is 1. The average molecular weight is 362 g/mol. The second kappa shape index (κ2) is 6.89. The van der Waals surface area contributed by atoms with Gasteiger partial charge in [0.15, 0.2) is 0 Å². The van der Waals surface area contributed by atoms with Crippen molar-refractivity contribution in [2.45, 2.75) is 0 Å². The summed E-state index contributed by atoms with van der Waals surface area (Å²) < 4.78 is 6.32. The summed E-state index contributed by atoms with van der Waals surface area (Å²) in [6, 6.07) is 9.34. The number of anilines is 2. The Kier molecular flexibility index (Phi) is 4.70. The molecule has 3 rings (SSSR count). The largest absolute Gasteiger partial charge is 0.378 e. The molecule has 2 aromatic rings. The van der Waals surface area contributed by atoms with Crippen LogP contribution < -0.4 is 10.2 Å². The third kappa shape index (κ3) is 3.64. The van der Waals surface area contributed by atoms with E-state index < -0.39 is 0 Å². The smallest absolute Gasteiger partial charge is 0.257 e. The van der Waals surface area contributed by atoms with Gasteiger partial charge in [0.1, 0.15) is 0 Å². The highest BCUT2D eigenvalue weighted by molar-refractivity contribution is 9.10. The van der Waals surface area contributed by atoms with Crippen LogP contribution in [0.3, 0.4) is 0 Å². The van der Waals surface area contributed by atoms with Crippen molar-refractivity contribution >= 4 is 33.2 Å². The quantitative estimate of drug-likeness (QED) is 0.912. The molecule has 22 heavy (non-hydrogen) atoms. The lowest BCUT2D eigenvalue weighted by Crippen LogP contribution is -2.36. The van der Waals surface area contributed by atoms with Gasteiger partial charge in [-0.25, -0.2) is 0 Å². The van der Waals surface area contributed by atoms with Gasteiger partial charge in [-0.05, 0) is 30.3 Å². The Morgan fingerprint density at radius 3 is 2.64 bits per heavy atom. The first-order valence-corrected chi connectivity index (χ1v) is 7.86. The van der Waals surface area contributed by atoms with Crippen LogP contribution in [0.5, 0.6) is 0 Å². The summed E-state index contributed by atoms with van der Waals surface area (Å²) in [6.07, 6.45) is 3.36. The normalized spacial score (nSPS) is 14.7. The molecule has 0 saturated carbocycles. The van der Waals surface area contributed by atoms with E-state index in [0.29, 0.717) is 18.8 Å². The second-order valence-corrected chi connectivity index (χ2v) is 5.91. The van der Waals surface area contributed by atoms with Gasteiger partial charge in [-0.1, -0.05) is 15.9 Å². The van der Waals surface area contributed by atoms with Crippen molar-refractivity contribution in [3.63, 3.8) is 0 Å². The highest BCUT2D eigenvalue weighted by Gasteiger charge is 2.14. The summed E-state index contributed by atoms with van der Waals surface area (Å²) in [5.41, 5.74) is 2.25. The van der Waals surface area contributed by atoms with E-state index in [1.807, 2.05) is 30.3 Å². The van der Waals surface area contributed by atoms with Crippen molar-refractivity contribution in [3.05, 3.63) is 52.8 Å². The molecule has 1 N–H and O–H groups in total. The molecule has 114 valence electrons. The number of hydrogen-bond acceptors (Lipinski definition) is 4. The van der Waals surface area contributed by atoms with Crippen molar-refractivity contribution < 1.29 is 9.53 Å². The molecule has 5 nitrogen and oxygen atoms in total. The summed E-state index contributed by atoms with van der Waals surface area (Å²) >= 11 is 3.37.